The lowest BCUT2D eigenvalue weighted by molar-refractivity contribution is 0.0663. The SMILES string of the molecule is CCc1ccc2c(c1)c(C)c(C(=O)O)n2COC. The van der Waals surface area contributed by atoms with Crippen LogP contribution in [0.5, 0.6) is 0 Å². The summed E-state index contributed by atoms with van der Waals surface area (Å²) in [7, 11) is 1.56. The number of carboxylic acid groups (broad SMARTS) is 1. The molecule has 0 spiro atoms. The Labute approximate surface area is 106 Å². The van der Waals surface area contributed by atoms with Crippen molar-refractivity contribution in [2.75, 3.05) is 7.11 Å². The third kappa shape index (κ3) is 1.88. The van der Waals surface area contributed by atoms with Gasteiger partial charge in [-0.2, -0.15) is 0 Å². The Morgan fingerprint density at radius 3 is 2.72 bits per heavy atom. The van der Waals surface area contributed by atoms with E-state index in [4.69, 9.17) is 4.74 Å². The highest BCUT2D eigenvalue weighted by molar-refractivity contribution is 5.98. The highest BCUT2D eigenvalue weighted by Gasteiger charge is 2.19. The number of aromatic nitrogens is 1. The summed E-state index contributed by atoms with van der Waals surface area (Å²) < 4.78 is 6.80. The van der Waals surface area contributed by atoms with Gasteiger partial charge in [0.15, 0.2) is 0 Å². The van der Waals surface area contributed by atoms with Gasteiger partial charge in [-0.05, 0) is 36.6 Å². The topological polar surface area (TPSA) is 51.5 Å². The number of hydrogen-bond donors (Lipinski definition) is 1. The van der Waals surface area contributed by atoms with Crippen LogP contribution in [0.25, 0.3) is 10.9 Å². The Morgan fingerprint density at radius 2 is 2.17 bits per heavy atom. The van der Waals surface area contributed by atoms with Crippen molar-refractivity contribution < 1.29 is 14.6 Å². The van der Waals surface area contributed by atoms with Gasteiger partial charge in [0.05, 0.1) is 5.52 Å². The van der Waals surface area contributed by atoms with E-state index >= 15 is 0 Å². The quantitative estimate of drug-likeness (QED) is 0.903. The van der Waals surface area contributed by atoms with Gasteiger partial charge in [-0.1, -0.05) is 13.0 Å². The Morgan fingerprint density at radius 1 is 1.44 bits per heavy atom. The van der Waals surface area contributed by atoms with Crippen molar-refractivity contribution in [3.05, 3.63) is 35.0 Å². The van der Waals surface area contributed by atoms with Crippen LogP contribution in [0, 0.1) is 6.92 Å². The summed E-state index contributed by atoms with van der Waals surface area (Å²) in [4.78, 5) is 11.4. The Balaban J connectivity index is 2.77. The van der Waals surface area contributed by atoms with E-state index in [2.05, 4.69) is 13.0 Å². The van der Waals surface area contributed by atoms with Crippen LogP contribution in [0.15, 0.2) is 18.2 Å². The molecule has 1 aromatic heterocycles. The number of hydrogen-bond acceptors (Lipinski definition) is 2. The Kier molecular flexibility index (Phi) is 3.39. The first kappa shape index (κ1) is 12.6. The lowest BCUT2D eigenvalue weighted by atomic mass is 10.1. The van der Waals surface area contributed by atoms with E-state index in [0.717, 1.165) is 22.9 Å². The van der Waals surface area contributed by atoms with Crippen molar-refractivity contribution in [1.29, 1.82) is 0 Å². The second kappa shape index (κ2) is 4.82. The molecule has 0 bridgehead atoms. The van der Waals surface area contributed by atoms with Gasteiger partial charge in [-0.15, -0.1) is 0 Å². The average Bonchev–Trinajstić information content (AvgIpc) is 2.63. The maximum Gasteiger partial charge on any atom is 0.352 e. The lowest BCUT2D eigenvalue weighted by Crippen LogP contribution is -2.10. The van der Waals surface area contributed by atoms with Crippen LogP contribution in [0.2, 0.25) is 0 Å². The monoisotopic (exact) mass is 247 g/mol. The number of nitrogens with zero attached hydrogens (tertiary/aromatic N) is 1. The van der Waals surface area contributed by atoms with Gasteiger partial charge in [-0.25, -0.2) is 4.79 Å². The molecule has 1 aromatic carbocycles. The van der Waals surface area contributed by atoms with Crippen LogP contribution in [0.1, 0.15) is 28.5 Å². The minimum absolute atomic E-state index is 0.247. The van der Waals surface area contributed by atoms with Gasteiger partial charge < -0.3 is 14.4 Å². The molecule has 4 heteroatoms. The molecular weight excluding hydrogens is 230 g/mol. The normalized spacial score (nSPS) is 11.1. The van der Waals surface area contributed by atoms with Crippen molar-refractivity contribution in [2.24, 2.45) is 0 Å². The van der Waals surface area contributed by atoms with E-state index in [9.17, 15) is 9.90 Å². The first-order chi connectivity index (χ1) is 8.60. The molecule has 0 amide bonds. The molecule has 96 valence electrons. The fourth-order valence-corrected chi connectivity index (χ4v) is 2.33. The van der Waals surface area contributed by atoms with Crippen molar-refractivity contribution >= 4 is 16.9 Å². The average molecular weight is 247 g/mol. The second-order valence-electron chi connectivity index (χ2n) is 4.33. The molecule has 0 atom stereocenters. The number of aryl methyl sites for hydroxylation is 2. The van der Waals surface area contributed by atoms with Gasteiger partial charge in [-0.3, -0.25) is 0 Å². The number of fused-ring (bicyclic) bond motifs is 1. The second-order valence-corrected chi connectivity index (χ2v) is 4.33. The largest absolute Gasteiger partial charge is 0.477 e. The van der Waals surface area contributed by atoms with Gasteiger partial charge >= 0.3 is 5.97 Å². The summed E-state index contributed by atoms with van der Waals surface area (Å²) >= 11 is 0. The minimum Gasteiger partial charge on any atom is -0.477 e. The predicted molar refractivity (Wildman–Crippen MR) is 70.0 cm³/mol. The minimum atomic E-state index is -0.918. The van der Waals surface area contributed by atoms with Crippen LogP contribution >= 0.6 is 0 Å². The van der Waals surface area contributed by atoms with Crippen LogP contribution < -0.4 is 0 Å². The summed E-state index contributed by atoms with van der Waals surface area (Å²) in [6, 6.07) is 6.05. The predicted octanol–water partition coefficient (Wildman–Crippen LogP) is 2.81. The van der Waals surface area contributed by atoms with Gasteiger partial charge in [0.25, 0.3) is 0 Å². The molecule has 0 fully saturated rings. The molecule has 1 N–H and O–H groups in total. The molecule has 0 aliphatic rings. The molecule has 2 rings (SSSR count). The molecule has 2 aromatic rings. The summed E-state index contributed by atoms with van der Waals surface area (Å²) in [5.41, 5.74) is 3.21. The maximum atomic E-state index is 11.4. The highest BCUT2D eigenvalue weighted by atomic mass is 16.5. The van der Waals surface area contributed by atoms with Gasteiger partial charge in [0, 0.05) is 12.5 Å². The molecule has 0 unspecified atom stereocenters. The smallest absolute Gasteiger partial charge is 0.352 e. The van der Waals surface area contributed by atoms with Crippen molar-refractivity contribution in [3.63, 3.8) is 0 Å². The fraction of sp³-hybridized carbons (Fsp3) is 0.357. The van der Waals surface area contributed by atoms with E-state index < -0.39 is 5.97 Å². The molecule has 0 aliphatic heterocycles. The van der Waals surface area contributed by atoms with Crippen LogP contribution in [-0.4, -0.2) is 22.8 Å². The van der Waals surface area contributed by atoms with Gasteiger partial charge in [0.2, 0.25) is 0 Å². The number of aromatic carboxylic acids is 1. The standard InChI is InChI=1S/C14H17NO3/c1-4-10-5-6-12-11(7-10)9(2)13(14(16)17)15(12)8-18-3/h5-7H,4,8H2,1-3H3,(H,16,17). The molecule has 1 heterocycles. The summed E-state index contributed by atoms with van der Waals surface area (Å²) in [5.74, 6) is -0.918. The van der Waals surface area contributed by atoms with Crippen molar-refractivity contribution in [1.82, 2.24) is 4.57 Å². The zero-order valence-electron chi connectivity index (χ0n) is 10.9. The molecule has 0 radical (unpaired) electrons. The van der Waals surface area contributed by atoms with E-state index in [0.29, 0.717) is 5.69 Å². The number of carbonyl (C=O) groups is 1. The molecule has 0 aliphatic carbocycles. The fourth-order valence-electron chi connectivity index (χ4n) is 2.33. The van der Waals surface area contributed by atoms with Crippen LogP contribution in [0.3, 0.4) is 0 Å². The molecule has 18 heavy (non-hydrogen) atoms. The van der Waals surface area contributed by atoms with Crippen LogP contribution in [-0.2, 0) is 17.9 Å². The molecular formula is C14H17NO3. The summed E-state index contributed by atoms with van der Waals surface area (Å²) in [6.45, 7) is 4.18. The van der Waals surface area contributed by atoms with Crippen molar-refractivity contribution in [3.8, 4) is 0 Å². The van der Waals surface area contributed by atoms with E-state index in [1.807, 2.05) is 19.1 Å². The zero-order chi connectivity index (χ0) is 13.3. The van der Waals surface area contributed by atoms with Crippen molar-refractivity contribution in [2.45, 2.75) is 27.0 Å². The van der Waals surface area contributed by atoms with Gasteiger partial charge in [0.1, 0.15) is 12.4 Å². The summed E-state index contributed by atoms with van der Waals surface area (Å²) in [6.07, 6.45) is 0.938. The molecule has 0 saturated heterocycles. The highest BCUT2D eigenvalue weighted by Crippen LogP contribution is 2.27. The third-order valence-corrected chi connectivity index (χ3v) is 3.25. The zero-order valence-corrected chi connectivity index (χ0v) is 10.9. The Bertz CT molecular complexity index is 599. The number of benzene rings is 1. The number of rotatable bonds is 4. The Hall–Kier alpha value is -1.81. The van der Waals surface area contributed by atoms with E-state index in [-0.39, 0.29) is 6.73 Å². The summed E-state index contributed by atoms with van der Waals surface area (Å²) in [5, 5.41) is 10.3. The van der Waals surface area contributed by atoms with E-state index in [1.165, 1.54) is 5.56 Å². The van der Waals surface area contributed by atoms with Crippen LogP contribution in [0.4, 0.5) is 0 Å². The first-order valence-electron chi connectivity index (χ1n) is 5.94. The number of ether oxygens (including phenoxy) is 1. The third-order valence-electron chi connectivity index (χ3n) is 3.25. The van der Waals surface area contributed by atoms with E-state index in [1.54, 1.807) is 11.7 Å². The number of carboxylic acids is 1. The lowest BCUT2D eigenvalue weighted by Gasteiger charge is -2.06. The molecule has 4 nitrogen and oxygen atoms in total. The first-order valence-corrected chi connectivity index (χ1v) is 5.94. The molecule has 0 saturated carbocycles. The number of methoxy groups -OCH3 is 1. The maximum absolute atomic E-state index is 11.4.